The van der Waals surface area contributed by atoms with Crippen LogP contribution in [0.2, 0.25) is 0 Å². The minimum absolute atomic E-state index is 0.0209. The molecule has 3 N–H and O–H groups in total. The summed E-state index contributed by atoms with van der Waals surface area (Å²) in [4.78, 5) is 57.1. The maximum Gasteiger partial charge on any atom is 0.622 e. The number of benzene rings is 1. The normalized spacial score (nSPS) is 17.1. The van der Waals surface area contributed by atoms with Crippen LogP contribution in [0.3, 0.4) is 0 Å². The SMILES string of the molecule is CC(C)C[C@H](NC(=O)[C@@H](NC(=O)c1cccc(-c2ccccc2)n1)[C@@H](C)O)B1OC(=O)CCN(C)CC(=O)O1. The third kappa shape index (κ3) is 8.90. The molecule has 1 aromatic heterocycles. The van der Waals surface area contributed by atoms with Gasteiger partial charge in [-0.3, -0.25) is 24.1 Å². The highest BCUT2D eigenvalue weighted by Crippen LogP contribution is 2.17. The Morgan fingerprint density at radius 3 is 2.38 bits per heavy atom. The first-order chi connectivity index (χ1) is 18.5. The Morgan fingerprint density at radius 1 is 1.03 bits per heavy atom. The maximum absolute atomic E-state index is 13.3. The van der Waals surface area contributed by atoms with E-state index in [0.29, 0.717) is 18.7 Å². The molecule has 1 saturated heterocycles. The number of carbonyl (C=O) groups is 4. The van der Waals surface area contributed by atoms with Crippen LogP contribution < -0.4 is 10.6 Å². The molecular weight excluding hydrogens is 503 g/mol. The monoisotopic (exact) mass is 538 g/mol. The molecule has 3 rings (SSSR count). The lowest BCUT2D eigenvalue weighted by atomic mass is 9.73. The number of aliphatic hydroxyl groups is 1. The standard InChI is InChI=1S/C27H35BN4O7/c1-17(2)15-22(28-38-23(34)13-14-32(4)16-24(35)39-28)30-27(37)25(18(3)33)31-26(36)21-12-8-11-20(29-21)19-9-6-5-7-10-19/h5-12,17-18,22,25,33H,13-16H2,1-4H3,(H,30,37)(H,31,36)/t18-,22+,25+/m1/s1. The van der Waals surface area contributed by atoms with Crippen molar-refractivity contribution in [2.45, 2.75) is 51.7 Å². The molecule has 0 radical (unpaired) electrons. The Balaban J connectivity index is 1.77. The average Bonchev–Trinajstić information content (AvgIpc) is 2.95. The van der Waals surface area contributed by atoms with Crippen LogP contribution in [0.15, 0.2) is 48.5 Å². The van der Waals surface area contributed by atoms with Crippen LogP contribution in [0.25, 0.3) is 11.3 Å². The topological polar surface area (TPSA) is 147 Å². The van der Waals surface area contributed by atoms with Crippen LogP contribution in [-0.4, -0.2) is 84.1 Å². The zero-order valence-corrected chi connectivity index (χ0v) is 22.6. The van der Waals surface area contributed by atoms with Crippen LogP contribution in [0.4, 0.5) is 0 Å². The van der Waals surface area contributed by atoms with E-state index in [-0.39, 0.29) is 24.6 Å². The predicted molar refractivity (Wildman–Crippen MR) is 144 cm³/mol. The average molecular weight is 538 g/mol. The molecule has 11 nitrogen and oxygen atoms in total. The van der Waals surface area contributed by atoms with Crippen LogP contribution in [0, 0.1) is 5.92 Å². The fourth-order valence-corrected chi connectivity index (χ4v) is 4.09. The summed E-state index contributed by atoms with van der Waals surface area (Å²) in [5, 5.41) is 15.6. The second-order valence-electron chi connectivity index (χ2n) is 10.0. The number of likely N-dealkylation sites (N-methyl/N-ethyl adjacent to an activating group) is 1. The van der Waals surface area contributed by atoms with Gasteiger partial charge in [0.15, 0.2) is 0 Å². The van der Waals surface area contributed by atoms with E-state index in [0.717, 1.165) is 5.56 Å². The van der Waals surface area contributed by atoms with E-state index in [4.69, 9.17) is 9.31 Å². The molecule has 208 valence electrons. The molecule has 12 heteroatoms. The van der Waals surface area contributed by atoms with Crippen molar-refractivity contribution in [3.8, 4) is 11.3 Å². The first kappa shape index (κ1) is 29.8. The summed E-state index contributed by atoms with van der Waals surface area (Å²) >= 11 is 0. The lowest BCUT2D eigenvalue weighted by Crippen LogP contribution is -2.59. The highest BCUT2D eigenvalue weighted by molar-refractivity contribution is 6.51. The number of rotatable bonds is 9. The van der Waals surface area contributed by atoms with E-state index in [2.05, 4.69) is 15.6 Å². The molecule has 2 aromatic rings. The van der Waals surface area contributed by atoms with Crippen molar-refractivity contribution in [3.05, 3.63) is 54.2 Å². The Bertz CT molecular complexity index is 1160. The summed E-state index contributed by atoms with van der Waals surface area (Å²) < 4.78 is 10.8. The number of carbonyl (C=O) groups excluding carboxylic acids is 4. The molecule has 1 aliphatic rings. The van der Waals surface area contributed by atoms with Crippen molar-refractivity contribution in [1.29, 1.82) is 0 Å². The van der Waals surface area contributed by atoms with E-state index in [1.54, 1.807) is 24.1 Å². The van der Waals surface area contributed by atoms with Crippen molar-refractivity contribution >= 4 is 30.9 Å². The second-order valence-corrected chi connectivity index (χ2v) is 10.0. The van der Waals surface area contributed by atoms with Crippen LogP contribution in [0.5, 0.6) is 0 Å². The fourth-order valence-electron chi connectivity index (χ4n) is 4.09. The molecule has 0 saturated carbocycles. The minimum Gasteiger partial charge on any atom is -0.498 e. The lowest BCUT2D eigenvalue weighted by molar-refractivity contribution is -0.140. The van der Waals surface area contributed by atoms with Crippen molar-refractivity contribution in [3.63, 3.8) is 0 Å². The van der Waals surface area contributed by atoms with Crippen LogP contribution in [0.1, 0.15) is 44.1 Å². The molecule has 0 unspecified atom stereocenters. The van der Waals surface area contributed by atoms with Crippen molar-refractivity contribution in [2.24, 2.45) is 5.92 Å². The van der Waals surface area contributed by atoms with Gasteiger partial charge < -0.3 is 25.0 Å². The van der Waals surface area contributed by atoms with E-state index in [1.807, 2.05) is 44.2 Å². The molecule has 1 aromatic carbocycles. The number of hydrogen-bond acceptors (Lipinski definition) is 9. The number of aromatic nitrogens is 1. The number of pyridine rings is 1. The molecule has 2 amide bonds. The summed E-state index contributed by atoms with van der Waals surface area (Å²) in [6, 6.07) is 12.9. The molecule has 1 fully saturated rings. The van der Waals surface area contributed by atoms with Gasteiger partial charge in [0.1, 0.15) is 11.7 Å². The molecule has 1 aliphatic heterocycles. The van der Waals surface area contributed by atoms with Gasteiger partial charge in [-0.2, -0.15) is 0 Å². The molecule has 0 bridgehead atoms. The largest absolute Gasteiger partial charge is 0.622 e. The number of nitrogens with one attached hydrogen (secondary N) is 2. The van der Waals surface area contributed by atoms with Crippen LogP contribution in [-0.2, 0) is 23.7 Å². The third-order valence-electron chi connectivity index (χ3n) is 6.08. The first-order valence-electron chi connectivity index (χ1n) is 12.9. The molecule has 3 atom stereocenters. The zero-order valence-electron chi connectivity index (χ0n) is 22.6. The van der Waals surface area contributed by atoms with E-state index in [9.17, 15) is 24.3 Å². The van der Waals surface area contributed by atoms with Gasteiger partial charge in [0.05, 0.1) is 30.7 Å². The second kappa shape index (κ2) is 13.9. The van der Waals surface area contributed by atoms with Gasteiger partial charge >= 0.3 is 13.1 Å². The van der Waals surface area contributed by atoms with Crippen molar-refractivity contribution in [2.75, 3.05) is 20.1 Å². The molecule has 0 spiro atoms. The zero-order chi connectivity index (χ0) is 28.5. The predicted octanol–water partition coefficient (Wildman–Crippen LogP) is 1.21. The number of aliphatic hydroxyl groups excluding tert-OH is 1. The maximum atomic E-state index is 13.3. The lowest BCUT2D eigenvalue weighted by Gasteiger charge is -2.27. The quantitative estimate of drug-likeness (QED) is 0.401. The van der Waals surface area contributed by atoms with Crippen LogP contribution >= 0.6 is 0 Å². The number of amides is 2. The first-order valence-corrected chi connectivity index (χ1v) is 12.9. The smallest absolute Gasteiger partial charge is 0.498 e. The Hall–Kier alpha value is -3.77. The van der Waals surface area contributed by atoms with E-state index >= 15 is 0 Å². The highest BCUT2D eigenvalue weighted by atomic mass is 16.6. The molecular formula is C27H35BN4O7. The fraction of sp³-hybridized carbons (Fsp3) is 0.444. The third-order valence-corrected chi connectivity index (χ3v) is 6.08. The van der Waals surface area contributed by atoms with E-state index in [1.165, 1.54) is 13.0 Å². The Labute approximate surface area is 228 Å². The molecule has 2 heterocycles. The Morgan fingerprint density at radius 2 is 1.72 bits per heavy atom. The number of nitrogens with zero attached hydrogens (tertiary/aromatic N) is 2. The minimum atomic E-state index is -1.36. The number of hydrogen-bond donors (Lipinski definition) is 3. The summed E-state index contributed by atoms with van der Waals surface area (Å²) in [6.45, 7) is 5.43. The van der Waals surface area contributed by atoms with Gasteiger partial charge in [-0.25, -0.2) is 4.98 Å². The molecule has 39 heavy (non-hydrogen) atoms. The summed E-state index contributed by atoms with van der Waals surface area (Å²) in [5.74, 6) is -3.46. The molecule has 0 aliphatic carbocycles. The van der Waals surface area contributed by atoms with E-state index < -0.39 is 49.0 Å². The van der Waals surface area contributed by atoms with Gasteiger partial charge in [-0.05, 0) is 38.4 Å². The summed E-state index contributed by atoms with van der Waals surface area (Å²) in [6.07, 6.45) is -0.924. The van der Waals surface area contributed by atoms with Crippen molar-refractivity contribution in [1.82, 2.24) is 20.5 Å². The summed E-state index contributed by atoms with van der Waals surface area (Å²) in [7, 11) is 0.320. The van der Waals surface area contributed by atoms with Gasteiger partial charge in [0.25, 0.3) is 11.9 Å². The van der Waals surface area contributed by atoms with Gasteiger partial charge in [-0.15, -0.1) is 0 Å². The van der Waals surface area contributed by atoms with Gasteiger partial charge in [0.2, 0.25) is 5.91 Å². The van der Waals surface area contributed by atoms with Gasteiger partial charge in [-0.1, -0.05) is 50.2 Å². The Kier molecular flexibility index (Phi) is 10.6. The van der Waals surface area contributed by atoms with Crippen molar-refractivity contribution < 1.29 is 33.6 Å². The highest BCUT2D eigenvalue weighted by Gasteiger charge is 2.41. The van der Waals surface area contributed by atoms with Gasteiger partial charge in [0, 0.05) is 12.1 Å². The summed E-state index contributed by atoms with van der Waals surface area (Å²) in [5.41, 5.74) is 1.46.